The van der Waals surface area contributed by atoms with E-state index in [9.17, 15) is 0 Å². The van der Waals surface area contributed by atoms with Crippen LogP contribution in [0.4, 0.5) is 0 Å². The standard InChI is InChI=1S/C16H33NS/c1-5-18-12-11-14-9-7-6-8-10-15(14)13-17-16(2,3)4/h14-15,17H,5-13H2,1-4H3. The molecule has 1 nitrogen and oxygen atoms in total. The molecular weight excluding hydrogens is 238 g/mol. The van der Waals surface area contributed by atoms with Crippen LogP contribution in [-0.2, 0) is 0 Å². The van der Waals surface area contributed by atoms with Gasteiger partial charge in [0.05, 0.1) is 0 Å². The summed E-state index contributed by atoms with van der Waals surface area (Å²) in [6, 6.07) is 0. The van der Waals surface area contributed by atoms with E-state index in [1.807, 2.05) is 0 Å². The number of hydrogen-bond donors (Lipinski definition) is 1. The molecule has 0 saturated heterocycles. The van der Waals surface area contributed by atoms with E-state index in [1.165, 1.54) is 56.6 Å². The van der Waals surface area contributed by atoms with E-state index in [4.69, 9.17) is 0 Å². The first kappa shape index (κ1) is 16.4. The lowest BCUT2D eigenvalue weighted by molar-refractivity contribution is 0.266. The summed E-state index contributed by atoms with van der Waals surface area (Å²) in [6.07, 6.45) is 8.74. The molecule has 0 heterocycles. The van der Waals surface area contributed by atoms with Crippen molar-refractivity contribution in [1.82, 2.24) is 5.32 Å². The summed E-state index contributed by atoms with van der Waals surface area (Å²) in [4.78, 5) is 0. The van der Waals surface area contributed by atoms with Crippen molar-refractivity contribution in [2.75, 3.05) is 18.1 Å². The highest BCUT2D eigenvalue weighted by atomic mass is 32.2. The van der Waals surface area contributed by atoms with Crippen molar-refractivity contribution in [3.8, 4) is 0 Å². The normalized spacial score (nSPS) is 26.0. The summed E-state index contributed by atoms with van der Waals surface area (Å²) in [5, 5.41) is 3.73. The molecule has 18 heavy (non-hydrogen) atoms. The molecule has 108 valence electrons. The Kier molecular flexibility index (Phi) is 7.70. The van der Waals surface area contributed by atoms with E-state index in [0.717, 1.165) is 11.8 Å². The van der Waals surface area contributed by atoms with Gasteiger partial charge < -0.3 is 5.32 Å². The molecule has 0 aliphatic heterocycles. The molecule has 1 saturated carbocycles. The average Bonchev–Trinajstić information content (AvgIpc) is 2.51. The SMILES string of the molecule is CCSCCC1CCCCCC1CNC(C)(C)C. The zero-order valence-corrected chi connectivity index (χ0v) is 13.7. The summed E-state index contributed by atoms with van der Waals surface area (Å²) in [6.45, 7) is 10.4. The largest absolute Gasteiger partial charge is 0.312 e. The molecule has 1 aliphatic carbocycles. The highest BCUT2D eigenvalue weighted by Gasteiger charge is 2.24. The van der Waals surface area contributed by atoms with Gasteiger partial charge in [0, 0.05) is 5.54 Å². The second-order valence-electron chi connectivity index (χ2n) is 6.77. The molecule has 1 aliphatic rings. The molecule has 2 atom stereocenters. The maximum atomic E-state index is 3.73. The summed E-state index contributed by atoms with van der Waals surface area (Å²) in [5.41, 5.74) is 0.273. The summed E-state index contributed by atoms with van der Waals surface area (Å²) in [7, 11) is 0. The number of rotatable bonds is 6. The lowest BCUT2D eigenvalue weighted by atomic mass is 9.85. The minimum absolute atomic E-state index is 0.273. The quantitative estimate of drug-likeness (QED) is 0.554. The summed E-state index contributed by atoms with van der Waals surface area (Å²) < 4.78 is 0. The van der Waals surface area contributed by atoms with Crippen LogP contribution in [0.2, 0.25) is 0 Å². The predicted molar refractivity (Wildman–Crippen MR) is 85.4 cm³/mol. The van der Waals surface area contributed by atoms with E-state index in [-0.39, 0.29) is 5.54 Å². The van der Waals surface area contributed by atoms with Gasteiger partial charge in [0.25, 0.3) is 0 Å². The van der Waals surface area contributed by atoms with Crippen LogP contribution in [0.25, 0.3) is 0 Å². The van der Waals surface area contributed by atoms with Crippen molar-refractivity contribution in [2.24, 2.45) is 11.8 Å². The van der Waals surface area contributed by atoms with Crippen LogP contribution in [0.1, 0.15) is 66.2 Å². The Hall–Kier alpha value is 0.310. The Morgan fingerprint density at radius 1 is 1.06 bits per heavy atom. The minimum Gasteiger partial charge on any atom is -0.312 e. The molecule has 0 aromatic carbocycles. The number of thioether (sulfide) groups is 1. The summed E-state index contributed by atoms with van der Waals surface area (Å²) in [5.74, 6) is 4.54. The van der Waals surface area contributed by atoms with Gasteiger partial charge in [-0.25, -0.2) is 0 Å². The first-order chi connectivity index (χ1) is 8.53. The molecule has 0 aromatic heterocycles. The van der Waals surface area contributed by atoms with Crippen LogP contribution in [0.15, 0.2) is 0 Å². The van der Waals surface area contributed by atoms with Gasteiger partial charge in [-0.1, -0.05) is 32.6 Å². The van der Waals surface area contributed by atoms with E-state index >= 15 is 0 Å². The van der Waals surface area contributed by atoms with E-state index in [0.29, 0.717) is 0 Å². The third-order valence-electron chi connectivity index (χ3n) is 4.05. The Labute approximate surface area is 119 Å². The van der Waals surface area contributed by atoms with E-state index in [2.05, 4.69) is 44.8 Å². The topological polar surface area (TPSA) is 12.0 Å². The smallest absolute Gasteiger partial charge is 0.00966 e. The predicted octanol–water partition coefficient (Wildman–Crippen LogP) is 4.71. The first-order valence-corrected chi connectivity index (χ1v) is 9.01. The fourth-order valence-electron chi connectivity index (χ4n) is 2.93. The highest BCUT2D eigenvalue weighted by Crippen LogP contribution is 2.32. The maximum Gasteiger partial charge on any atom is 0.00966 e. The van der Waals surface area contributed by atoms with Crippen LogP contribution >= 0.6 is 11.8 Å². The van der Waals surface area contributed by atoms with Crippen molar-refractivity contribution < 1.29 is 0 Å². The van der Waals surface area contributed by atoms with Gasteiger partial charge in [0.2, 0.25) is 0 Å². The van der Waals surface area contributed by atoms with Crippen molar-refractivity contribution in [3.05, 3.63) is 0 Å². The second kappa shape index (κ2) is 8.47. The van der Waals surface area contributed by atoms with Gasteiger partial charge in [0.1, 0.15) is 0 Å². The van der Waals surface area contributed by atoms with Crippen molar-refractivity contribution in [2.45, 2.75) is 71.8 Å². The Morgan fingerprint density at radius 2 is 1.72 bits per heavy atom. The lowest BCUT2D eigenvalue weighted by Crippen LogP contribution is -2.40. The van der Waals surface area contributed by atoms with Gasteiger partial charge >= 0.3 is 0 Å². The Bertz CT molecular complexity index is 210. The van der Waals surface area contributed by atoms with Gasteiger partial charge in [-0.2, -0.15) is 11.8 Å². The van der Waals surface area contributed by atoms with Crippen molar-refractivity contribution >= 4 is 11.8 Å². The summed E-state index contributed by atoms with van der Waals surface area (Å²) >= 11 is 2.11. The monoisotopic (exact) mass is 271 g/mol. The Balaban J connectivity index is 2.41. The molecule has 2 unspecified atom stereocenters. The Morgan fingerprint density at radius 3 is 2.33 bits per heavy atom. The zero-order valence-electron chi connectivity index (χ0n) is 12.9. The lowest BCUT2D eigenvalue weighted by Gasteiger charge is -2.29. The van der Waals surface area contributed by atoms with Gasteiger partial charge in [-0.05, 0) is 63.5 Å². The zero-order chi connectivity index (χ0) is 13.4. The van der Waals surface area contributed by atoms with Gasteiger partial charge in [-0.15, -0.1) is 0 Å². The first-order valence-electron chi connectivity index (χ1n) is 7.85. The third-order valence-corrected chi connectivity index (χ3v) is 4.98. The number of nitrogens with one attached hydrogen (secondary N) is 1. The fourth-order valence-corrected chi connectivity index (χ4v) is 3.68. The molecule has 0 spiro atoms. The van der Waals surface area contributed by atoms with Crippen molar-refractivity contribution in [3.63, 3.8) is 0 Å². The minimum atomic E-state index is 0.273. The molecule has 2 heteroatoms. The molecule has 0 bridgehead atoms. The molecule has 1 rings (SSSR count). The van der Waals surface area contributed by atoms with Crippen LogP contribution in [0.5, 0.6) is 0 Å². The molecular formula is C16H33NS. The van der Waals surface area contributed by atoms with Gasteiger partial charge in [0.15, 0.2) is 0 Å². The molecule has 1 N–H and O–H groups in total. The molecule has 0 aromatic rings. The average molecular weight is 272 g/mol. The number of hydrogen-bond acceptors (Lipinski definition) is 2. The molecule has 0 radical (unpaired) electrons. The van der Waals surface area contributed by atoms with Crippen LogP contribution < -0.4 is 5.32 Å². The van der Waals surface area contributed by atoms with Gasteiger partial charge in [-0.3, -0.25) is 0 Å². The second-order valence-corrected chi connectivity index (χ2v) is 8.17. The van der Waals surface area contributed by atoms with Crippen LogP contribution in [0.3, 0.4) is 0 Å². The van der Waals surface area contributed by atoms with Crippen molar-refractivity contribution in [1.29, 1.82) is 0 Å². The van der Waals surface area contributed by atoms with Crippen LogP contribution in [-0.4, -0.2) is 23.6 Å². The molecule has 0 amide bonds. The van der Waals surface area contributed by atoms with Crippen LogP contribution in [0, 0.1) is 11.8 Å². The molecule has 1 fully saturated rings. The highest BCUT2D eigenvalue weighted by molar-refractivity contribution is 7.99. The van der Waals surface area contributed by atoms with E-state index < -0.39 is 0 Å². The van der Waals surface area contributed by atoms with E-state index in [1.54, 1.807) is 0 Å². The fraction of sp³-hybridized carbons (Fsp3) is 1.00. The maximum absolute atomic E-state index is 3.73. The third kappa shape index (κ3) is 7.04.